The molecule has 0 radical (unpaired) electrons. The van der Waals surface area contributed by atoms with Gasteiger partial charge in [0.05, 0.1) is 26.5 Å². The van der Waals surface area contributed by atoms with E-state index in [4.69, 9.17) is 9.47 Å². The number of nitrogens with zero attached hydrogens (tertiary/aromatic N) is 4. The van der Waals surface area contributed by atoms with Crippen LogP contribution in [0.2, 0.25) is 0 Å². The Balaban J connectivity index is 1.66. The van der Waals surface area contributed by atoms with Crippen molar-refractivity contribution < 1.29 is 14.3 Å². The van der Waals surface area contributed by atoms with E-state index in [0.717, 1.165) is 11.3 Å². The SMILES string of the molecule is COc1ccc(NC(=O)NCc2nnnn2-c2ccc(C)c(C)c2)cc1OC. The molecule has 1 aromatic heterocycles. The Morgan fingerprint density at radius 3 is 2.54 bits per heavy atom. The minimum Gasteiger partial charge on any atom is -0.493 e. The second-order valence-electron chi connectivity index (χ2n) is 6.15. The van der Waals surface area contributed by atoms with Crippen LogP contribution in [0, 0.1) is 13.8 Å². The lowest BCUT2D eigenvalue weighted by atomic mass is 10.1. The normalized spacial score (nSPS) is 10.4. The van der Waals surface area contributed by atoms with E-state index in [1.165, 1.54) is 12.7 Å². The highest BCUT2D eigenvalue weighted by Gasteiger charge is 2.12. The number of rotatable bonds is 6. The number of hydrogen-bond donors (Lipinski definition) is 2. The molecule has 0 atom stereocenters. The number of benzene rings is 2. The number of carbonyl (C=O) groups excluding carboxylic acids is 1. The van der Waals surface area contributed by atoms with Crippen LogP contribution in [0.15, 0.2) is 36.4 Å². The number of ether oxygens (including phenoxy) is 2. The first-order valence-electron chi connectivity index (χ1n) is 8.63. The maximum Gasteiger partial charge on any atom is 0.319 e. The summed E-state index contributed by atoms with van der Waals surface area (Å²) in [7, 11) is 3.09. The van der Waals surface area contributed by atoms with Crippen LogP contribution in [0.1, 0.15) is 17.0 Å². The quantitative estimate of drug-likeness (QED) is 0.679. The number of hydrogen-bond acceptors (Lipinski definition) is 6. The smallest absolute Gasteiger partial charge is 0.319 e. The van der Waals surface area contributed by atoms with Crippen LogP contribution in [0.25, 0.3) is 5.69 Å². The molecular formula is C19H22N6O3. The molecule has 0 unspecified atom stereocenters. The first-order chi connectivity index (χ1) is 13.5. The fourth-order valence-electron chi connectivity index (χ4n) is 2.62. The fourth-order valence-corrected chi connectivity index (χ4v) is 2.62. The number of aryl methyl sites for hydroxylation is 2. The van der Waals surface area contributed by atoms with E-state index in [-0.39, 0.29) is 12.6 Å². The van der Waals surface area contributed by atoms with Gasteiger partial charge in [0.1, 0.15) is 0 Å². The van der Waals surface area contributed by atoms with E-state index in [1.54, 1.807) is 30.0 Å². The van der Waals surface area contributed by atoms with Gasteiger partial charge in [0, 0.05) is 11.8 Å². The molecular weight excluding hydrogens is 360 g/mol. The second-order valence-corrected chi connectivity index (χ2v) is 6.15. The van der Waals surface area contributed by atoms with Crippen molar-refractivity contribution in [1.82, 2.24) is 25.5 Å². The van der Waals surface area contributed by atoms with Crippen molar-refractivity contribution in [3.63, 3.8) is 0 Å². The van der Waals surface area contributed by atoms with Crippen molar-refractivity contribution in [2.45, 2.75) is 20.4 Å². The Morgan fingerprint density at radius 2 is 1.82 bits per heavy atom. The largest absolute Gasteiger partial charge is 0.493 e. The summed E-state index contributed by atoms with van der Waals surface area (Å²) < 4.78 is 12.0. The molecule has 28 heavy (non-hydrogen) atoms. The molecule has 9 nitrogen and oxygen atoms in total. The van der Waals surface area contributed by atoms with Gasteiger partial charge in [-0.1, -0.05) is 6.07 Å². The molecule has 3 aromatic rings. The van der Waals surface area contributed by atoms with Gasteiger partial charge < -0.3 is 20.1 Å². The summed E-state index contributed by atoms with van der Waals surface area (Å²) in [5, 5.41) is 17.2. The molecule has 0 bridgehead atoms. The Labute approximate surface area is 162 Å². The lowest BCUT2D eigenvalue weighted by Gasteiger charge is -2.11. The number of urea groups is 1. The van der Waals surface area contributed by atoms with E-state index in [0.29, 0.717) is 23.0 Å². The molecule has 2 amide bonds. The Morgan fingerprint density at radius 1 is 1.04 bits per heavy atom. The number of tetrazole rings is 1. The van der Waals surface area contributed by atoms with Crippen molar-refractivity contribution in [2.75, 3.05) is 19.5 Å². The third-order valence-electron chi connectivity index (χ3n) is 4.32. The molecule has 146 valence electrons. The van der Waals surface area contributed by atoms with Gasteiger partial charge in [0.2, 0.25) is 0 Å². The van der Waals surface area contributed by atoms with E-state index < -0.39 is 0 Å². The van der Waals surface area contributed by atoms with Crippen LogP contribution in [-0.4, -0.2) is 40.5 Å². The van der Waals surface area contributed by atoms with Gasteiger partial charge in [-0.05, 0) is 59.7 Å². The minimum absolute atomic E-state index is 0.166. The lowest BCUT2D eigenvalue weighted by molar-refractivity contribution is 0.251. The zero-order valence-electron chi connectivity index (χ0n) is 16.2. The molecule has 0 aliphatic carbocycles. The van der Waals surface area contributed by atoms with E-state index in [1.807, 2.05) is 32.0 Å². The molecule has 3 rings (SSSR count). The molecule has 0 aliphatic rings. The molecule has 9 heteroatoms. The van der Waals surface area contributed by atoms with Crippen LogP contribution in [0.4, 0.5) is 10.5 Å². The zero-order chi connectivity index (χ0) is 20.1. The van der Waals surface area contributed by atoms with Crippen molar-refractivity contribution in [2.24, 2.45) is 0 Å². The molecule has 0 saturated carbocycles. The molecule has 0 fully saturated rings. The van der Waals surface area contributed by atoms with E-state index in [2.05, 4.69) is 26.2 Å². The molecule has 1 heterocycles. The molecule has 0 spiro atoms. The third-order valence-corrected chi connectivity index (χ3v) is 4.32. The van der Waals surface area contributed by atoms with E-state index >= 15 is 0 Å². The van der Waals surface area contributed by atoms with Crippen LogP contribution < -0.4 is 20.1 Å². The summed E-state index contributed by atoms with van der Waals surface area (Å²) in [5.74, 6) is 1.63. The van der Waals surface area contributed by atoms with Crippen LogP contribution in [0.5, 0.6) is 11.5 Å². The first-order valence-corrected chi connectivity index (χ1v) is 8.63. The maximum atomic E-state index is 12.2. The number of nitrogens with one attached hydrogen (secondary N) is 2. The molecule has 2 aromatic carbocycles. The Hall–Kier alpha value is -3.62. The number of aromatic nitrogens is 4. The average molecular weight is 382 g/mol. The van der Waals surface area contributed by atoms with Crippen molar-refractivity contribution in [1.29, 1.82) is 0 Å². The van der Waals surface area contributed by atoms with Crippen molar-refractivity contribution >= 4 is 11.7 Å². The van der Waals surface area contributed by atoms with Gasteiger partial charge in [-0.15, -0.1) is 5.10 Å². The summed E-state index contributed by atoms with van der Waals surface area (Å²) in [6.45, 7) is 4.23. The predicted molar refractivity (Wildman–Crippen MR) is 104 cm³/mol. The summed E-state index contributed by atoms with van der Waals surface area (Å²) in [6, 6.07) is 10.7. The summed E-state index contributed by atoms with van der Waals surface area (Å²) in [4.78, 5) is 12.2. The van der Waals surface area contributed by atoms with Crippen LogP contribution in [0.3, 0.4) is 0 Å². The predicted octanol–water partition coefficient (Wildman–Crippen LogP) is 2.62. The maximum absolute atomic E-state index is 12.2. The van der Waals surface area contributed by atoms with Gasteiger partial charge in [-0.25, -0.2) is 4.79 Å². The highest BCUT2D eigenvalue weighted by Crippen LogP contribution is 2.29. The number of methoxy groups -OCH3 is 2. The topological polar surface area (TPSA) is 103 Å². The standard InChI is InChI=1S/C19H22N6O3/c1-12-5-7-15(9-13(12)2)25-18(22-23-24-25)11-20-19(26)21-14-6-8-16(27-3)17(10-14)28-4/h5-10H,11H2,1-4H3,(H2,20,21,26). The third kappa shape index (κ3) is 4.20. The molecule has 2 N–H and O–H groups in total. The first kappa shape index (κ1) is 19.2. The summed E-state index contributed by atoms with van der Waals surface area (Å²) in [6.07, 6.45) is 0. The second kappa shape index (κ2) is 8.38. The van der Waals surface area contributed by atoms with Crippen LogP contribution in [-0.2, 0) is 6.54 Å². The monoisotopic (exact) mass is 382 g/mol. The number of carbonyl (C=O) groups is 1. The lowest BCUT2D eigenvalue weighted by Crippen LogP contribution is -2.29. The zero-order valence-corrected chi connectivity index (χ0v) is 16.2. The Kier molecular flexibility index (Phi) is 5.73. The highest BCUT2D eigenvalue weighted by atomic mass is 16.5. The van der Waals surface area contributed by atoms with Gasteiger partial charge in [-0.3, -0.25) is 0 Å². The van der Waals surface area contributed by atoms with Crippen LogP contribution >= 0.6 is 0 Å². The molecule has 0 saturated heterocycles. The van der Waals surface area contributed by atoms with Crippen molar-refractivity contribution in [3.05, 3.63) is 53.3 Å². The van der Waals surface area contributed by atoms with Gasteiger partial charge in [-0.2, -0.15) is 4.68 Å². The number of amides is 2. The summed E-state index contributed by atoms with van der Waals surface area (Å²) >= 11 is 0. The fraction of sp³-hybridized carbons (Fsp3) is 0.263. The minimum atomic E-state index is -0.387. The van der Waals surface area contributed by atoms with Gasteiger partial charge >= 0.3 is 6.03 Å². The van der Waals surface area contributed by atoms with E-state index in [9.17, 15) is 4.79 Å². The summed E-state index contributed by atoms with van der Waals surface area (Å²) in [5.41, 5.74) is 3.73. The highest BCUT2D eigenvalue weighted by molar-refractivity contribution is 5.89. The number of anilines is 1. The molecule has 0 aliphatic heterocycles. The van der Waals surface area contributed by atoms with Gasteiger partial charge in [0.15, 0.2) is 17.3 Å². The van der Waals surface area contributed by atoms with Gasteiger partial charge in [0.25, 0.3) is 0 Å². The average Bonchev–Trinajstić information content (AvgIpc) is 3.17. The Bertz CT molecular complexity index is 986. The van der Waals surface area contributed by atoms with Crippen molar-refractivity contribution in [3.8, 4) is 17.2 Å².